The molecule has 1 aliphatic rings. The van der Waals surface area contributed by atoms with Crippen molar-refractivity contribution < 1.29 is 26.3 Å². The smallest absolute Gasteiger partial charge is 0.406 e. The molecule has 0 saturated heterocycles. The summed E-state index contributed by atoms with van der Waals surface area (Å²) in [5.41, 5.74) is 1.53. The third kappa shape index (κ3) is 6.75. The van der Waals surface area contributed by atoms with Gasteiger partial charge in [0.1, 0.15) is 5.75 Å². The van der Waals surface area contributed by atoms with Crippen LogP contribution >= 0.6 is 11.8 Å². The summed E-state index contributed by atoms with van der Waals surface area (Å²) in [4.78, 5) is 6.58. The van der Waals surface area contributed by atoms with E-state index in [0.717, 1.165) is 4.91 Å². The molecule has 2 aromatic carbocycles. The highest BCUT2D eigenvalue weighted by atomic mass is 32.2. The monoisotopic (exact) mass is 546 g/mol. The number of anilines is 1. The highest BCUT2D eigenvalue weighted by Gasteiger charge is 2.37. The van der Waals surface area contributed by atoms with Crippen molar-refractivity contribution in [2.75, 3.05) is 4.90 Å². The van der Waals surface area contributed by atoms with Gasteiger partial charge in [-0.05, 0) is 60.5 Å². The Morgan fingerprint density at radius 1 is 1.11 bits per heavy atom. The lowest BCUT2D eigenvalue weighted by atomic mass is 10.1. The molecule has 0 bridgehead atoms. The second kappa shape index (κ2) is 10.7. The number of alkyl halides is 3. The van der Waals surface area contributed by atoms with Crippen LogP contribution in [-0.4, -0.2) is 29.6 Å². The van der Waals surface area contributed by atoms with Crippen LogP contribution in [0.1, 0.15) is 23.6 Å². The van der Waals surface area contributed by atoms with Gasteiger partial charge in [0.15, 0.2) is 5.50 Å². The Morgan fingerprint density at radius 2 is 1.81 bits per heavy atom. The minimum atomic E-state index is -4.80. The van der Waals surface area contributed by atoms with Gasteiger partial charge in [0.05, 0.1) is 17.4 Å². The van der Waals surface area contributed by atoms with Crippen molar-refractivity contribution in [3.8, 4) is 11.8 Å². The summed E-state index contributed by atoms with van der Waals surface area (Å²) in [5.74, 6) is -0.610. The number of thioether (sulfide) groups is 1. The minimum absolute atomic E-state index is 0.176. The van der Waals surface area contributed by atoms with E-state index in [1.807, 2.05) is 4.90 Å². The molecule has 1 unspecified atom stereocenters. The average Bonchev–Trinajstić information content (AvgIpc) is 3.25. The molecule has 7 nitrogen and oxygen atoms in total. The normalized spacial score (nSPS) is 15.7. The Morgan fingerprint density at radius 3 is 2.41 bits per heavy atom. The highest BCUT2D eigenvalue weighted by Crippen LogP contribution is 2.40. The first kappa shape index (κ1) is 26.4. The molecule has 4 rings (SSSR count). The lowest BCUT2D eigenvalue weighted by Gasteiger charge is -2.36. The zero-order valence-corrected chi connectivity index (χ0v) is 21.1. The summed E-state index contributed by atoms with van der Waals surface area (Å²) in [5, 5.41) is 9.18. The number of rotatable bonds is 8. The maximum atomic E-state index is 13.5. The molecule has 0 amide bonds. The number of sulfonamides is 1. The Hall–Kier alpha value is -3.69. The molecule has 37 heavy (non-hydrogen) atoms. The van der Waals surface area contributed by atoms with E-state index < -0.39 is 21.9 Å². The van der Waals surface area contributed by atoms with Gasteiger partial charge in [-0.3, -0.25) is 4.98 Å². The molecule has 3 aromatic rings. The minimum Gasteiger partial charge on any atom is -0.406 e. The van der Waals surface area contributed by atoms with Gasteiger partial charge in [0.2, 0.25) is 10.0 Å². The maximum Gasteiger partial charge on any atom is 0.573 e. The molecule has 12 heteroatoms. The number of hydrogen-bond donors (Lipinski definition) is 0. The van der Waals surface area contributed by atoms with Crippen molar-refractivity contribution in [3.63, 3.8) is 0 Å². The van der Waals surface area contributed by atoms with Gasteiger partial charge < -0.3 is 9.64 Å². The van der Waals surface area contributed by atoms with Gasteiger partial charge in [-0.15, -0.1) is 13.2 Å². The predicted molar refractivity (Wildman–Crippen MR) is 134 cm³/mol. The van der Waals surface area contributed by atoms with Gasteiger partial charge in [-0.25, -0.2) is 12.7 Å². The number of pyridine rings is 1. The zero-order chi connectivity index (χ0) is 26.6. The van der Waals surface area contributed by atoms with Crippen LogP contribution in [0.3, 0.4) is 0 Å². The Balaban J connectivity index is 1.67. The molecule has 0 aliphatic carbocycles. The summed E-state index contributed by atoms with van der Waals surface area (Å²) >= 11 is 1.33. The van der Waals surface area contributed by atoms with Gasteiger partial charge in [0, 0.05) is 35.7 Å². The number of aromatic nitrogens is 1. The van der Waals surface area contributed by atoms with Crippen LogP contribution in [0.5, 0.6) is 5.75 Å². The van der Waals surface area contributed by atoms with Crippen molar-refractivity contribution in [1.29, 1.82) is 5.26 Å². The van der Waals surface area contributed by atoms with Crippen LogP contribution in [0, 0.1) is 11.3 Å². The van der Waals surface area contributed by atoms with Crippen molar-refractivity contribution in [2.24, 2.45) is 0 Å². The Labute approximate surface area is 216 Å². The van der Waals surface area contributed by atoms with E-state index in [9.17, 15) is 26.9 Å². The molecule has 0 N–H and O–H groups in total. The Bertz CT molecular complexity index is 1410. The van der Waals surface area contributed by atoms with Crippen molar-refractivity contribution in [3.05, 3.63) is 101 Å². The number of halogens is 3. The molecule has 2 heterocycles. The summed E-state index contributed by atoms with van der Waals surface area (Å²) in [6.07, 6.45) is -0.178. The first-order valence-electron chi connectivity index (χ1n) is 10.9. The zero-order valence-electron chi connectivity index (χ0n) is 19.5. The van der Waals surface area contributed by atoms with Crippen LogP contribution in [0.2, 0.25) is 0 Å². The van der Waals surface area contributed by atoms with E-state index in [2.05, 4.69) is 15.8 Å². The van der Waals surface area contributed by atoms with Crippen LogP contribution in [-0.2, 0) is 22.3 Å². The van der Waals surface area contributed by atoms with E-state index in [1.165, 1.54) is 46.5 Å². The van der Waals surface area contributed by atoms with E-state index in [1.54, 1.807) is 55.7 Å². The van der Waals surface area contributed by atoms with Crippen LogP contribution in [0.15, 0.2) is 84.2 Å². The maximum absolute atomic E-state index is 13.5. The van der Waals surface area contributed by atoms with Gasteiger partial charge in [-0.1, -0.05) is 30.0 Å². The molecule has 0 spiro atoms. The molecule has 1 aromatic heterocycles. The molecule has 0 fully saturated rings. The standard InChI is InChI=1S/C25H21F3N4O3S2/c1-18-15-32(37(33,34)17-21-3-2-12-30-14-21)24(36-18)31(22-8-4-19(13-29)5-9-22)16-20-6-10-23(11-7-20)35-25(26,27)28/h2-12,14-15,24H,16-17H2,1H3. The molecule has 192 valence electrons. The number of hydrogen-bond acceptors (Lipinski definition) is 7. The fourth-order valence-electron chi connectivity index (χ4n) is 3.70. The fraction of sp³-hybridized carbons (Fsp3) is 0.200. The number of ether oxygens (including phenoxy) is 1. The van der Waals surface area contributed by atoms with Gasteiger partial charge in [-0.2, -0.15) is 5.26 Å². The lowest BCUT2D eigenvalue weighted by molar-refractivity contribution is -0.274. The average molecular weight is 547 g/mol. The molecule has 1 atom stereocenters. The van der Waals surface area contributed by atoms with E-state index in [0.29, 0.717) is 22.4 Å². The number of nitriles is 1. The lowest BCUT2D eigenvalue weighted by Crippen LogP contribution is -2.44. The summed E-state index contributed by atoms with van der Waals surface area (Å²) in [6.45, 7) is 1.98. The molecular weight excluding hydrogens is 525 g/mol. The third-order valence-corrected chi connectivity index (χ3v) is 8.26. The van der Waals surface area contributed by atoms with Crippen LogP contribution in [0.4, 0.5) is 18.9 Å². The van der Waals surface area contributed by atoms with Crippen molar-refractivity contribution >= 4 is 27.5 Å². The van der Waals surface area contributed by atoms with E-state index >= 15 is 0 Å². The first-order chi connectivity index (χ1) is 17.5. The number of benzene rings is 2. The summed E-state index contributed by atoms with van der Waals surface area (Å²) in [7, 11) is -3.82. The molecule has 1 aliphatic heterocycles. The summed E-state index contributed by atoms with van der Waals surface area (Å²) in [6, 6.07) is 17.5. The predicted octanol–water partition coefficient (Wildman–Crippen LogP) is 5.58. The topological polar surface area (TPSA) is 86.5 Å². The highest BCUT2D eigenvalue weighted by molar-refractivity contribution is 8.04. The van der Waals surface area contributed by atoms with Gasteiger partial charge in [0.25, 0.3) is 0 Å². The van der Waals surface area contributed by atoms with Crippen LogP contribution < -0.4 is 9.64 Å². The second-order valence-electron chi connectivity index (χ2n) is 8.11. The first-order valence-corrected chi connectivity index (χ1v) is 13.4. The fourth-order valence-corrected chi connectivity index (χ4v) is 6.73. The molecular formula is C25H21F3N4O3S2. The molecule has 0 saturated carbocycles. The molecule has 0 radical (unpaired) electrons. The summed E-state index contributed by atoms with van der Waals surface area (Å²) < 4.78 is 69.9. The quantitative estimate of drug-likeness (QED) is 0.365. The van der Waals surface area contributed by atoms with Crippen LogP contribution in [0.25, 0.3) is 0 Å². The van der Waals surface area contributed by atoms with Gasteiger partial charge >= 0.3 is 6.36 Å². The van der Waals surface area contributed by atoms with Crippen molar-refractivity contribution in [1.82, 2.24) is 9.29 Å². The van der Waals surface area contributed by atoms with E-state index in [-0.39, 0.29) is 18.0 Å². The number of nitrogens with zero attached hydrogens (tertiary/aromatic N) is 4. The van der Waals surface area contributed by atoms with Crippen molar-refractivity contribution in [2.45, 2.75) is 31.1 Å². The largest absolute Gasteiger partial charge is 0.573 e. The van der Waals surface area contributed by atoms with E-state index in [4.69, 9.17) is 0 Å². The SMILES string of the molecule is CC1=CN(S(=O)(=O)Cc2cccnc2)C(N(Cc2ccc(OC(F)(F)F)cc2)c2ccc(C#N)cc2)S1. The second-order valence-corrected chi connectivity index (χ2v) is 11.3. The Kier molecular flexibility index (Phi) is 7.65. The number of allylic oxidation sites excluding steroid dienone is 1. The third-order valence-electron chi connectivity index (χ3n) is 5.32.